The number of ether oxygens (including phenoxy) is 1. The molecule has 2 unspecified atom stereocenters. The average molecular weight is 240 g/mol. The summed E-state index contributed by atoms with van der Waals surface area (Å²) in [5.41, 5.74) is 0. The highest BCUT2D eigenvalue weighted by atomic mass is 16.5. The summed E-state index contributed by atoms with van der Waals surface area (Å²) in [7, 11) is 0. The summed E-state index contributed by atoms with van der Waals surface area (Å²) in [6.07, 6.45) is 5.63. The van der Waals surface area contributed by atoms with E-state index >= 15 is 0 Å². The van der Waals surface area contributed by atoms with Crippen molar-refractivity contribution in [1.29, 1.82) is 0 Å². The minimum atomic E-state index is 0.539. The summed E-state index contributed by atoms with van der Waals surface area (Å²) in [4.78, 5) is 2.71. The van der Waals surface area contributed by atoms with Crippen LogP contribution in [0, 0.1) is 0 Å². The van der Waals surface area contributed by atoms with E-state index in [1.807, 2.05) is 0 Å². The first kappa shape index (κ1) is 13.3. The Morgan fingerprint density at radius 2 is 2.06 bits per heavy atom. The fourth-order valence-corrected chi connectivity index (χ4v) is 3.18. The monoisotopic (exact) mass is 240 g/mol. The number of hydrogen-bond acceptors (Lipinski definition) is 3. The van der Waals surface area contributed by atoms with Crippen molar-refractivity contribution in [2.24, 2.45) is 0 Å². The van der Waals surface area contributed by atoms with E-state index < -0.39 is 0 Å². The van der Waals surface area contributed by atoms with Crippen LogP contribution in [0.25, 0.3) is 0 Å². The third-order valence-electron chi connectivity index (χ3n) is 4.28. The fraction of sp³-hybridized carbons (Fsp3) is 1.00. The van der Waals surface area contributed by atoms with Crippen molar-refractivity contribution in [2.45, 2.75) is 70.7 Å². The van der Waals surface area contributed by atoms with Gasteiger partial charge < -0.3 is 10.1 Å². The Labute approximate surface area is 106 Å². The molecular weight excluding hydrogens is 212 g/mol. The molecule has 0 aromatic carbocycles. The number of nitrogens with one attached hydrogen (secondary N) is 1. The summed E-state index contributed by atoms with van der Waals surface area (Å²) in [6.45, 7) is 9.98. The Hall–Kier alpha value is -0.120. The van der Waals surface area contributed by atoms with Gasteiger partial charge in [-0.3, -0.25) is 4.90 Å². The van der Waals surface area contributed by atoms with E-state index in [9.17, 15) is 0 Å². The smallest absolute Gasteiger partial charge is 0.0604 e. The van der Waals surface area contributed by atoms with Crippen LogP contribution in [0.5, 0.6) is 0 Å². The molecule has 1 heterocycles. The summed E-state index contributed by atoms with van der Waals surface area (Å²) in [5.74, 6) is 0. The van der Waals surface area contributed by atoms with Crippen LogP contribution < -0.4 is 5.32 Å². The van der Waals surface area contributed by atoms with Crippen molar-refractivity contribution < 1.29 is 4.74 Å². The molecule has 1 saturated carbocycles. The van der Waals surface area contributed by atoms with Crippen LogP contribution in [0.3, 0.4) is 0 Å². The number of rotatable bonds is 5. The molecule has 3 nitrogen and oxygen atoms in total. The molecule has 2 atom stereocenters. The lowest BCUT2D eigenvalue weighted by Gasteiger charge is -2.49. The van der Waals surface area contributed by atoms with Crippen LogP contribution in [0.15, 0.2) is 0 Å². The minimum absolute atomic E-state index is 0.539. The molecule has 17 heavy (non-hydrogen) atoms. The maximum Gasteiger partial charge on any atom is 0.0604 e. The molecule has 2 rings (SSSR count). The van der Waals surface area contributed by atoms with Crippen molar-refractivity contribution in [1.82, 2.24) is 10.2 Å². The van der Waals surface area contributed by atoms with E-state index in [1.165, 1.54) is 32.2 Å². The SMILES string of the molecule is CCCC1CN(C2CC(OCC)C2)C(C)CN1. The summed E-state index contributed by atoms with van der Waals surface area (Å²) >= 11 is 0. The molecule has 0 radical (unpaired) electrons. The van der Waals surface area contributed by atoms with Gasteiger partial charge in [0.25, 0.3) is 0 Å². The molecule has 0 bridgehead atoms. The zero-order chi connectivity index (χ0) is 12.3. The number of piperazine rings is 1. The predicted octanol–water partition coefficient (Wildman–Crippen LogP) is 2.02. The van der Waals surface area contributed by atoms with Gasteiger partial charge in [-0.15, -0.1) is 0 Å². The van der Waals surface area contributed by atoms with Crippen LogP contribution in [-0.4, -0.2) is 48.8 Å². The molecule has 1 aliphatic heterocycles. The van der Waals surface area contributed by atoms with Crippen molar-refractivity contribution in [2.75, 3.05) is 19.7 Å². The second kappa shape index (κ2) is 6.17. The summed E-state index contributed by atoms with van der Waals surface area (Å²) in [6, 6.07) is 2.18. The second-order valence-electron chi connectivity index (χ2n) is 5.64. The highest BCUT2D eigenvalue weighted by Crippen LogP contribution is 2.31. The van der Waals surface area contributed by atoms with Gasteiger partial charge in [-0.1, -0.05) is 13.3 Å². The first-order valence-corrected chi connectivity index (χ1v) is 7.35. The van der Waals surface area contributed by atoms with E-state index in [2.05, 4.69) is 31.0 Å². The Balaban J connectivity index is 1.78. The lowest BCUT2D eigenvalue weighted by atomic mass is 9.85. The minimum Gasteiger partial charge on any atom is -0.378 e. The maximum atomic E-state index is 5.67. The number of hydrogen-bond donors (Lipinski definition) is 1. The highest BCUT2D eigenvalue weighted by molar-refractivity contribution is 4.94. The van der Waals surface area contributed by atoms with E-state index in [1.54, 1.807) is 0 Å². The van der Waals surface area contributed by atoms with Gasteiger partial charge in [-0.25, -0.2) is 0 Å². The molecule has 0 aromatic heterocycles. The molecular formula is C14H28N2O. The molecule has 2 aliphatic rings. The van der Waals surface area contributed by atoms with E-state index in [0.717, 1.165) is 19.2 Å². The van der Waals surface area contributed by atoms with Gasteiger partial charge in [-0.05, 0) is 33.1 Å². The largest absolute Gasteiger partial charge is 0.378 e. The first-order valence-electron chi connectivity index (χ1n) is 7.35. The van der Waals surface area contributed by atoms with E-state index in [0.29, 0.717) is 18.2 Å². The van der Waals surface area contributed by atoms with Crippen molar-refractivity contribution in [3.8, 4) is 0 Å². The van der Waals surface area contributed by atoms with Crippen LogP contribution >= 0.6 is 0 Å². The average Bonchev–Trinajstić information content (AvgIpc) is 2.26. The third kappa shape index (κ3) is 3.21. The van der Waals surface area contributed by atoms with Crippen LogP contribution in [0.4, 0.5) is 0 Å². The molecule has 1 N–H and O–H groups in total. The Morgan fingerprint density at radius 1 is 1.29 bits per heavy atom. The van der Waals surface area contributed by atoms with Gasteiger partial charge in [-0.2, -0.15) is 0 Å². The zero-order valence-corrected chi connectivity index (χ0v) is 11.6. The Kier molecular flexibility index (Phi) is 4.83. The van der Waals surface area contributed by atoms with Gasteiger partial charge in [0.05, 0.1) is 6.10 Å². The van der Waals surface area contributed by atoms with Gasteiger partial charge in [0, 0.05) is 37.8 Å². The quantitative estimate of drug-likeness (QED) is 0.795. The van der Waals surface area contributed by atoms with Gasteiger partial charge >= 0.3 is 0 Å². The summed E-state index contributed by atoms with van der Waals surface area (Å²) in [5, 5.41) is 3.67. The van der Waals surface area contributed by atoms with Gasteiger partial charge in [0.15, 0.2) is 0 Å². The topological polar surface area (TPSA) is 24.5 Å². The molecule has 2 fully saturated rings. The maximum absolute atomic E-state index is 5.67. The van der Waals surface area contributed by atoms with Crippen molar-refractivity contribution in [3.05, 3.63) is 0 Å². The van der Waals surface area contributed by atoms with E-state index in [-0.39, 0.29) is 0 Å². The number of nitrogens with zero attached hydrogens (tertiary/aromatic N) is 1. The van der Waals surface area contributed by atoms with Gasteiger partial charge in [0.1, 0.15) is 0 Å². The third-order valence-corrected chi connectivity index (χ3v) is 4.28. The molecule has 0 amide bonds. The van der Waals surface area contributed by atoms with Crippen LogP contribution in [0.1, 0.15) is 46.5 Å². The molecule has 1 saturated heterocycles. The Morgan fingerprint density at radius 3 is 2.71 bits per heavy atom. The van der Waals surface area contributed by atoms with E-state index in [4.69, 9.17) is 4.74 Å². The second-order valence-corrected chi connectivity index (χ2v) is 5.64. The lowest BCUT2D eigenvalue weighted by Crippen LogP contribution is -2.61. The Bertz CT molecular complexity index is 228. The highest BCUT2D eigenvalue weighted by Gasteiger charge is 2.38. The molecule has 1 aliphatic carbocycles. The molecule has 0 spiro atoms. The summed E-state index contributed by atoms with van der Waals surface area (Å²) < 4.78 is 5.67. The molecule has 3 heteroatoms. The van der Waals surface area contributed by atoms with Crippen LogP contribution in [-0.2, 0) is 4.74 Å². The molecule has 0 aromatic rings. The zero-order valence-electron chi connectivity index (χ0n) is 11.6. The standard InChI is InChI=1S/C14H28N2O/c1-4-6-12-10-16(11(3)9-15-12)13-7-14(8-13)17-5-2/h11-15H,4-10H2,1-3H3. The lowest BCUT2D eigenvalue weighted by molar-refractivity contribution is -0.0643. The fourth-order valence-electron chi connectivity index (χ4n) is 3.18. The van der Waals surface area contributed by atoms with Gasteiger partial charge in [0.2, 0.25) is 0 Å². The molecule has 100 valence electrons. The van der Waals surface area contributed by atoms with Crippen molar-refractivity contribution in [3.63, 3.8) is 0 Å². The van der Waals surface area contributed by atoms with Crippen LogP contribution in [0.2, 0.25) is 0 Å². The predicted molar refractivity (Wildman–Crippen MR) is 71.3 cm³/mol. The van der Waals surface area contributed by atoms with Crippen molar-refractivity contribution >= 4 is 0 Å². The normalized spacial score (nSPS) is 39.0. The first-order chi connectivity index (χ1) is 8.24.